The van der Waals surface area contributed by atoms with E-state index in [4.69, 9.17) is 0 Å². The zero-order valence-electron chi connectivity index (χ0n) is 18.7. The predicted octanol–water partition coefficient (Wildman–Crippen LogP) is 3.28. The van der Waals surface area contributed by atoms with E-state index >= 15 is 0 Å². The molecule has 2 N–H and O–H groups in total. The number of hydrogen-bond donors (Lipinski definition) is 2. The summed E-state index contributed by atoms with van der Waals surface area (Å²) in [6.07, 6.45) is 3.20. The lowest BCUT2D eigenvalue weighted by atomic mass is 10.1. The van der Waals surface area contributed by atoms with Crippen LogP contribution in [0.3, 0.4) is 0 Å². The van der Waals surface area contributed by atoms with Gasteiger partial charge in [0.1, 0.15) is 5.82 Å². The largest absolute Gasteiger partial charge is 0.330 e. The third kappa shape index (κ3) is 4.78. The van der Waals surface area contributed by atoms with Crippen molar-refractivity contribution in [1.82, 2.24) is 19.1 Å². The average Bonchev–Trinajstić information content (AvgIpc) is 3.10. The Balaban J connectivity index is 1.91. The van der Waals surface area contributed by atoms with Gasteiger partial charge in [0.15, 0.2) is 11.2 Å². The fraction of sp³-hybridized carbons (Fsp3) is 0.478. The minimum absolute atomic E-state index is 0.109. The molecule has 8 nitrogen and oxygen atoms in total. The lowest BCUT2D eigenvalue weighted by Gasteiger charge is -2.11. The third-order valence-electron chi connectivity index (χ3n) is 5.60. The Morgan fingerprint density at radius 3 is 2.58 bits per heavy atom. The van der Waals surface area contributed by atoms with Crippen molar-refractivity contribution in [3.63, 3.8) is 0 Å². The summed E-state index contributed by atoms with van der Waals surface area (Å²) < 4.78 is 3.38. The van der Waals surface area contributed by atoms with Gasteiger partial charge in [-0.3, -0.25) is 19.1 Å². The first-order chi connectivity index (χ1) is 14.9. The topological polar surface area (TPSA) is 102 Å². The molecule has 2 heterocycles. The number of benzene rings is 1. The highest BCUT2D eigenvalue weighted by molar-refractivity contribution is 5.91. The zero-order chi connectivity index (χ0) is 22.5. The lowest BCUT2D eigenvalue weighted by Crippen LogP contribution is -2.31. The van der Waals surface area contributed by atoms with Crippen LogP contribution < -0.4 is 16.6 Å². The summed E-state index contributed by atoms with van der Waals surface area (Å²) >= 11 is 0. The molecular weight excluding hydrogens is 394 g/mol. The molecule has 0 saturated carbocycles. The summed E-state index contributed by atoms with van der Waals surface area (Å²) in [5.74, 6) is 0.545. The van der Waals surface area contributed by atoms with Gasteiger partial charge in [-0.05, 0) is 43.9 Å². The maximum Gasteiger partial charge on any atom is 0.330 e. The summed E-state index contributed by atoms with van der Waals surface area (Å²) in [7, 11) is 0. The second-order valence-electron chi connectivity index (χ2n) is 7.91. The van der Waals surface area contributed by atoms with Crippen molar-refractivity contribution < 1.29 is 4.79 Å². The molecule has 0 aliphatic rings. The van der Waals surface area contributed by atoms with Crippen molar-refractivity contribution in [2.75, 3.05) is 5.32 Å². The van der Waals surface area contributed by atoms with E-state index < -0.39 is 11.2 Å². The van der Waals surface area contributed by atoms with Crippen LogP contribution in [0.15, 0.2) is 27.8 Å². The molecule has 0 fully saturated rings. The molecule has 2 aromatic heterocycles. The van der Waals surface area contributed by atoms with Crippen molar-refractivity contribution >= 4 is 22.8 Å². The van der Waals surface area contributed by atoms with Gasteiger partial charge < -0.3 is 9.88 Å². The second kappa shape index (κ2) is 9.76. The SMILES string of the molecule is CCCCn1c(CCC(=O)Nc2cccc(C)c2C)nc2c1c(=O)[nH]c(=O)n2CCC. The minimum Gasteiger partial charge on any atom is -0.326 e. The molecule has 0 spiro atoms. The molecule has 0 atom stereocenters. The van der Waals surface area contributed by atoms with Gasteiger partial charge in [0.05, 0.1) is 0 Å². The summed E-state index contributed by atoms with van der Waals surface area (Å²) in [6, 6.07) is 5.82. The normalized spacial score (nSPS) is 11.2. The third-order valence-corrected chi connectivity index (χ3v) is 5.60. The van der Waals surface area contributed by atoms with E-state index in [0.29, 0.717) is 36.5 Å². The highest BCUT2D eigenvalue weighted by Crippen LogP contribution is 2.19. The van der Waals surface area contributed by atoms with Crippen LogP contribution in [-0.2, 0) is 24.3 Å². The Kier molecular flexibility index (Phi) is 7.09. The molecular formula is C23H31N5O3. The van der Waals surface area contributed by atoms with Crippen LogP contribution in [0.25, 0.3) is 11.2 Å². The molecule has 0 saturated heterocycles. The minimum atomic E-state index is -0.446. The van der Waals surface area contributed by atoms with Gasteiger partial charge in [-0.1, -0.05) is 32.4 Å². The van der Waals surface area contributed by atoms with Crippen LogP contribution in [0.4, 0.5) is 5.69 Å². The number of anilines is 1. The Morgan fingerprint density at radius 2 is 1.87 bits per heavy atom. The standard InChI is InChI=1S/C23H31N5O3/c1-5-7-14-27-18(11-12-19(29)24-17-10-8-9-15(3)16(17)4)25-21-20(27)22(30)26-23(31)28(21)13-6-2/h8-10H,5-7,11-14H2,1-4H3,(H,24,29)(H,26,30,31). The van der Waals surface area contributed by atoms with E-state index in [0.717, 1.165) is 36.1 Å². The van der Waals surface area contributed by atoms with Gasteiger partial charge in [0.2, 0.25) is 5.91 Å². The van der Waals surface area contributed by atoms with Crippen LogP contribution in [0.1, 0.15) is 56.5 Å². The van der Waals surface area contributed by atoms with Gasteiger partial charge in [-0.2, -0.15) is 0 Å². The number of nitrogens with one attached hydrogen (secondary N) is 2. The number of carbonyl (C=O) groups excluding carboxylic acids is 1. The number of carbonyl (C=O) groups is 1. The van der Waals surface area contributed by atoms with Crippen LogP contribution in [-0.4, -0.2) is 25.0 Å². The number of fused-ring (bicyclic) bond motifs is 1. The molecule has 166 valence electrons. The fourth-order valence-electron chi connectivity index (χ4n) is 3.72. The van der Waals surface area contributed by atoms with E-state index in [1.807, 2.05) is 43.5 Å². The molecule has 31 heavy (non-hydrogen) atoms. The number of hydrogen-bond acceptors (Lipinski definition) is 4. The quantitative estimate of drug-likeness (QED) is 0.549. The smallest absolute Gasteiger partial charge is 0.326 e. The highest BCUT2D eigenvalue weighted by Gasteiger charge is 2.19. The van der Waals surface area contributed by atoms with Crippen LogP contribution in [0.2, 0.25) is 0 Å². The number of imidazole rings is 1. The predicted molar refractivity (Wildman–Crippen MR) is 123 cm³/mol. The number of nitrogens with zero attached hydrogens (tertiary/aromatic N) is 3. The first kappa shape index (κ1) is 22.5. The van der Waals surface area contributed by atoms with Crippen molar-refractivity contribution in [2.24, 2.45) is 0 Å². The molecule has 0 unspecified atom stereocenters. The van der Waals surface area contributed by atoms with E-state index in [1.54, 1.807) is 0 Å². The van der Waals surface area contributed by atoms with Crippen molar-refractivity contribution in [3.05, 3.63) is 56.0 Å². The molecule has 1 amide bonds. The van der Waals surface area contributed by atoms with Crippen molar-refractivity contribution in [2.45, 2.75) is 72.9 Å². The molecule has 1 aromatic carbocycles. The number of H-pyrrole nitrogens is 1. The molecule has 0 bridgehead atoms. The number of rotatable bonds is 9. The van der Waals surface area contributed by atoms with Crippen LogP contribution in [0, 0.1) is 13.8 Å². The first-order valence-corrected chi connectivity index (χ1v) is 11.0. The van der Waals surface area contributed by atoms with E-state index in [2.05, 4.69) is 22.2 Å². The van der Waals surface area contributed by atoms with Gasteiger partial charge in [0, 0.05) is 31.6 Å². The summed E-state index contributed by atoms with van der Waals surface area (Å²) in [6.45, 7) is 9.13. The summed E-state index contributed by atoms with van der Waals surface area (Å²) in [5.41, 5.74) is 2.90. The molecule has 3 aromatic rings. The van der Waals surface area contributed by atoms with Gasteiger partial charge in [-0.25, -0.2) is 9.78 Å². The monoisotopic (exact) mass is 425 g/mol. The Bertz CT molecular complexity index is 1200. The van der Waals surface area contributed by atoms with Crippen LogP contribution >= 0.6 is 0 Å². The highest BCUT2D eigenvalue weighted by atomic mass is 16.2. The Hall–Kier alpha value is -3.16. The Morgan fingerprint density at radius 1 is 1.10 bits per heavy atom. The van der Waals surface area contributed by atoms with Gasteiger partial charge >= 0.3 is 5.69 Å². The fourth-order valence-corrected chi connectivity index (χ4v) is 3.72. The lowest BCUT2D eigenvalue weighted by molar-refractivity contribution is -0.116. The van der Waals surface area contributed by atoms with Crippen LogP contribution in [0.5, 0.6) is 0 Å². The molecule has 0 aliphatic carbocycles. The summed E-state index contributed by atoms with van der Waals surface area (Å²) in [4.78, 5) is 44.6. The number of amides is 1. The number of aromatic nitrogens is 4. The number of unbranched alkanes of at least 4 members (excludes halogenated alkanes) is 1. The van der Waals surface area contributed by atoms with Crippen molar-refractivity contribution in [3.8, 4) is 0 Å². The Labute approximate surface area is 181 Å². The average molecular weight is 426 g/mol. The maximum atomic E-state index is 12.6. The van der Waals surface area contributed by atoms with E-state index in [9.17, 15) is 14.4 Å². The summed E-state index contributed by atoms with van der Waals surface area (Å²) in [5, 5.41) is 2.97. The molecule has 0 radical (unpaired) electrons. The first-order valence-electron chi connectivity index (χ1n) is 11.0. The van der Waals surface area contributed by atoms with Crippen molar-refractivity contribution in [1.29, 1.82) is 0 Å². The molecule has 8 heteroatoms. The second-order valence-corrected chi connectivity index (χ2v) is 7.91. The zero-order valence-corrected chi connectivity index (χ0v) is 18.7. The number of aromatic amines is 1. The molecule has 3 rings (SSSR count). The van der Waals surface area contributed by atoms with Gasteiger partial charge in [0.25, 0.3) is 5.56 Å². The molecule has 0 aliphatic heterocycles. The maximum absolute atomic E-state index is 12.6. The number of aryl methyl sites for hydroxylation is 4. The van der Waals surface area contributed by atoms with E-state index in [-0.39, 0.29) is 12.3 Å². The van der Waals surface area contributed by atoms with Gasteiger partial charge in [-0.15, -0.1) is 0 Å². The van der Waals surface area contributed by atoms with E-state index in [1.165, 1.54) is 4.57 Å².